The standard InChI is InChI=1S/C16H24FNO/c1-3-4-5-6-7-11-19-16-14(12-13(2)18)9-8-10-15(16)17/h3,8-10,13H,1,4-7,11-12,18H2,2H3. The fraction of sp³-hybridized carbons (Fsp3) is 0.500. The number of allylic oxidation sites excluding steroid dienone is 1. The van der Waals surface area contributed by atoms with E-state index >= 15 is 0 Å². The first-order valence-electron chi connectivity index (χ1n) is 6.91. The summed E-state index contributed by atoms with van der Waals surface area (Å²) in [5, 5.41) is 0. The number of hydrogen-bond acceptors (Lipinski definition) is 2. The zero-order valence-corrected chi connectivity index (χ0v) is 11.7. The van der Waals surface area contributed by atoms with E-state index < -0.39 is 0 Å². The molecule has 0 aliphatic carbocycles. The molecular formula is C16H24FNO. The van der Waals surface area contributed by atoms with Crippen molar-refractivity contribution >= 4 is 0 Å². The number of ether oxygens (including phenoxy) is 1. The summed E-state index contributed by atoms with van der Waals surface area (Å²) in [4.78, 5) is 0. The first-order valence-corrected chi connectivity index (χ1v) is 6.91. The van der Waals surface area contributed by atoms with Gasteiger partial charge >= 0.3 is 0 Å². The van der Waals surface area contributed by atoms with Gasteiger partial charge in [0, 0.05) is 6.04 Å². The third-order valence-electron chi connectivity index (χ3n) is 2.89. The Hall–Kier alpha value is -1.35. The third kappa shape index (κ3) is 5.88. The number of unbranched alkanes of at least 4 members (excludes halogenated alkanes) is 3. The Morgan fingerprint density at radius 1 is 1.37 bits per heavy atom. The van der Waals surface area contributed by atoms with Crippen LogP contribution in [0.1, 0.15) is 38.2 Å². The normalized spacial score (nSPS) is 12.2. The van der Waals surface area contributed by atoms with E-state index in [4.69, 9.17) is 10.5 Å². The van der Waals surface area contributed by atoms with Gasteiger partial charge < -0.3 is 10.5 Å². The monoisotopic (exact) mass is 265 g/mol. The van der Waals surface area contributed by atoms with Gasteiger partial charge in [0.05, 0.1) is 6.61 Å². The molecule has 1 aromatic rings. The van der Waals surface area contributed by atoms with Crippen LogP contribution in [0.5, 0.6) is 5.75 Å². The van der Waals surface area contributed by atoms with Crippen LogP contribution in [0.3, 0.4) is 0 Å². The predicted octanol–water partition coefficient (Wildman–Crippen LogP) is 3.84. The van der Waals surface area contributed by atoms with Crippen LogP contribution < -0.4 is 10.5 Å². The van der Waals surface area contributed by atoms with Crippen LogP contribution in [-0.2, 0) is 6.42 Å². The number of nitrogens with two attached hydrogens (primary N) is 1. The summed E-state index contributed by atoms with van der Waals surface area (Å²) in [5.41, 5.74) is 6.61. The second-order valence-corrected chi connectivity index (χ2v) is 4.90. The van der Waals surface area contributed by atoms with Gasteiger partial charge in [0.15, 0.2) is 11.6 Å². The van der Waals surface area contributed by atoms with Crippen molar-refractivity contribution in [2.45, 2.75) is 45.1 Å². The van der Waals surface area contributed by atoms with Crippen molar-refractivity contribution in [1.29, 1.82) is 0 Å². The summed E-state index contributed by atoms with van der Waals surface area (Å²) in [5.74, 6) is 0.0627. The van der Waals surface area contributed by atoms with Gasteiger partial charge in [-0.2, -0.15) is 0 Å². The molecule has 0 aromatic heterocycles. The van der Waals surface area contributed by atoms with Crippen molar-refractivity contribution in [1.82, 2.24) is 0 Å². The van der Waals surface area contributed by atoms with Crippen LogP contribution in [0.2, 0.25) is 0 Å². The molecule has 1 atom stereocenters. The highest BCUT2D eigenvalue weighted by Crippen LogP contribution is 2.24. The minimum Gasteiger partial charge on any atom is -0.490 e. The van der Waals surface area contributed by atoms with Crippen LogP contribution in [0, 0.1) is 5.82 Å². The van der Waals surface area contributed by atoms with E-state index in [1.807, 2.05) is 19.1 Å². The van der Waals surface area contributed by atoms with Crippen molar-refractivity contribution in [3.63, 3.8) is 0 Å². The van der Waals surface area contributed by atoms with Crippen molar-refractivity contribution in [3.05, 3.63) is 42.2 Å². The molecule has 3 heteroatoms. The molecule has 0 fully saturated rings. The number of benzene rings is 1. The topological polar surface area (TPSA) is 35.2 Å². The van der Waals surface area contributed by atoms with Gasteiger partial charge in [-0.05, 0) is 50.7 Å². The quantitative estimate of drug-likeness (QED) is 0.544. The molecule has 0 saturated carbocycles. The van der Waals surface area contributed by atoms with Crippen LogP contribution >= 0.6 is 0 Å². The maximum absolute atomic E-state index is 13.8. The number of hydrogen-bond donors (Lipinski definition) is 1. The SMILES string of the molecule is C=CCCCCCOc1c(F)cccc1CC(C)N. The second-order valence-electron chi connectivity index (χ2n) is 4.90. The Labute approximate surface area is 115 Å². The van der Waals surface area contributed by atoms with Gasteiger partial charge in [0.25, 0.3) is 0 Å². The van der Waals surface area contributed by atoms with Gasteiger partial charge in [0.1, 0.15) is 0 Å². The zero-order valence-electron chi connectivity index (χ0n) is 11.7. The highest BCUT2D eigenvalue weighted by molar-refractivity contribution is 5.35. The summed E-state index contributed by atoms with van der Waals surface area (Å²) in [6.45, 7) is 6.14. The lowest BCUT2D eigenvalue weighted by Gasteiger charge is -2.13. The zero-order chi connectivity index (χ0) is 14.1. The molecule has 2 N–H and O–H groups in total. The molecule has 0 bridgehead atoms. The highest BCUT2D eigenvalue weighted by atomic mass is 19.1. The average molecular weight is 265 g/mol. The highest BCUT2D eigenvalue weighted by Gasteiger charge is 2.11. The van der Waals surface area contributed by atoms with E-state index in [-0.39, 0.29) is 11.9 Å². The summed E-state index contributed by atoms with van der Waals surface area (Å²) >= 11 is 0. The molecule has 0 amide bonds. The predicted molar refractivity (Wildman–Crippen MR) is 77.9 cm³/mol. The van der Waals surface area contributed by atoms with E-state index in [1.54, 1.807) is 6.07 Å². The number of rotatable bonds is 9. The van der Waals surface area contributed by atoms with E-state index in [0.717, 1.165) is 31.2 Å². The Morgan fingerprint density at radius 3 is 2.84 bits per heavy atom. The molecule has 0 aliphatic rings. The molecule has 0 radical (unpaired) electrons. The third-order valence-corrected chi connectivity index (χ3v) is 2.89. The number of para-hydroxylation sites is 1. The van der Waals surface area contributed by atoms with Crippen LogP contribution in [0.25, 0.3) is 0 Å². The first kappa shape index (κ1) is 15.7. The van der Waals surface area contributed by atoms with Gasteiger partial charge in [-0.25, -0.2) is 4.39 Å². The minimum absolute atomic E-state index is 0.00302. The van der Waals surface area contributed by atoms with Crippen molar-refractivity contribution < 1.29 is 9.13 Å². The van der Waals surface area contributed by atoms with Gasteiger partial charge in [-0.1, -0.05) is 18.2 Å². The molecule has 1 aromatic carbocycles. The molecule has 0 aliphatic heterocycles. The fourth-order valence-electron chi connectivity index (χ4n) is 1.96. The summed E-state index contributed by atoms with van der Waals surface area (Å²) in [6, 6.07) is 5.00. The molecule has 0 heterocycles. The molecule has 19 heavy (non-hydrogen) atoms. The average Bonchev–Trinajstić information content (AvgIpc) is 2.35. The van der Waals surface area contributed by atoms with Crippen molar-refractivity contribution in [2.75, 3.05) is 6.61 Å². The molecule has 0 spiro atoms. The van der Waals surface area contributed by atoms with Crippen molar-refractivity contribution in [3.8, 4) is 5.75 Å². The Balaban J connectivity index is 2.49. The lowest BCUT2D eigenvalue weighted by molar-refractivity contribution is 0.287. The molecule has 1 unspecified atom stereocenters. The number of halogens is 1. The Bertz CT molecular complexity index is 390. The fourth-order valence-corrected chi connectivity index (χ4v) is 1.96. The van der Waals surface area contributed by atoms with Crippen LogP contribution in [-0.4, -0.2) is 12.6 Å². The summed E-state index contributed by atoms with van der Waals surface area (Å²) in [7, 11) is 0. The van der Waals surface area contributed by atoms with E-state index in [2.05, 4.69) is 6.58 Å². The van der Waals surface area contributed by atoms with Crippen LogP contribution in [0.4, 0.5) is 4.39 Å². The van der Waals surface area contributed by atoms with Gasteiger partial charge in [0.2, 0.25) is 0 Å². The largest absolute Gasteiger partial charge is 0.490 e. The Kier molecular flexibility index (Phi) is 7.19. The maximum atomic E-state index is 13.8. The lowest BCUT2D eigenvalue weighted by atomic mass is 10.1. The van der Waals surface area contributed by atoms with Gasteiger partial charge in [-0.3, -0.25) is 0 Å². The first-order chi connectivity index (χ1) is 9.15. The van der Waals surface area contributed by atoms with Crippen LogP contribution in [0.15, 0.2) is 30.9 Å². The molecule has 1 rings (SSSR count). The van der Waals surface area contributed by atoms with E-state index in [0.29, 0.717) is 18.8 Å². The second kappa shape index (κ2) is 8.70. The lowest BCUT2D eigenvalue weighted by Crippen LogP contribution is -2.18. The summed E-state index contributed by atoms with van der Waals surface area (Å²) < 4.78 is 19.3. The van der Waals surface area contributed by atoms with Crippen molar-refractivity contribution in [2.24, 2.45) is 5.73 Å². The summed E-state index contributed by atoms with van der Waals surface area (Å²) in [6.07, 6.45) is 6.68. The molecule has 106 valence electrons. The van der Waals surface area contributed by atoms with E-state index in [1.165, 1.54) is 6.07 Å². The molecular weight excluding hydrogens is 241 g/mol. The maximum Gasteiger partial charge on any atom is 0.165 e. The molecule has 2 nitrogen and oxygen atoms in total. The Morgan fingerprint density at radius 2 is 2.16 bits per heavy atom. The van der Waals surface area contributed by atoms with E-state index in [9.17, 15) is 4.39 Å². The minimum atomic E-state index is -0.302. The smallest absolute Gasteiger partial charge is 0.165 e. The molecule has 0 saturated heterocycles. The van der Waals surface area contributed by atoms with Gasteiger partial charge in [-0.15, -0.1) is 6.58 Å².